The van der Waals surface area contributed by atoms with Gasteiger partial charge >= 0.3 is 0 Å². The molecule has 0 bridgehead atoms. The number of thiazole rings is 1. The van der Waals surface area contributed by atoms with E-state index in [0.29, 0.717) is 6.54 Å². The second-order valence-corrected chi connectivity index (χ2v) is 5.70. The largest absolute Gasteiger partial charge is 0.357 e. The molecular weight excluding hydrogens is 395 g/mol. The summed E-state index contributed by atoms with van der Waals surface area (Å²) in [5.74, 6) is 0.836. The van der Waals surface area contributed by atoms with Crippen molar-refractivity contribution in [3.05, 3.63) is 52.0 Å². The third-order valence-electron chi connectivity index (χ3n) is 2.71. The zero-order valence-electron chi connectivity index (χ0n) is 12.3. The molecule has 0 aliphatic rings. The SMILES string of the molecule is CCNC(=NCc1ccccc1)NCc1cnc(C)s1.I. The summed E-state index contributed by atoms with van der Waals surface area (Å²) in [5.41, 5.74) is 1.21. The number of nitrogens with zero attached hydrogens (tertiary/aromatic N) is 2. The molecule has 0 fully saturated rings. The van der Waals surface area contributed by atoms with Gasteiger partial charge in [0, 0.05) is 17.6 Å². The Hall–Kier alpha value is -1.15. The van der Waals surface area contributed by atoms with Gasteiger partial charge in [0.15, 0.2) is 5.96 Å². The normalized spacial score (nSPS) is 10.9. The molecule has 0 saturated heterocycles. The fourth-order valence-corrected chi connectivity index (χ4v) is 2.49. The van der Waals surface area contributed by atoms with Crippen LogP contribution in [0, 0.1) is 6.92 Å². The van der Waals surface area contributed by atoms with Crippen LogP contribution in [0.15, 0.2) is 41.5 Å². The molecule has 4 nitrogen and oxygen atoms in total. The predicted molar refractivity (Wildman–Crippen MR) is 100 cm³/mol. The number of nitrogens with one attached hydrogen (secondary N) is 2. The molecule has 6 heteroatoms. The average Bonchev–Trinajstić information content (AvgIpc) is 2.89. The summed E-state index contributed by atoms with van der Waals surface area (Å²) in [5, 5.41) is 7.67. The minimum Gasteiger partial charge on any atom is -0.357 e. The zero-order chi connectivity index (χ0) is 14.2. The molecule has 0 saturated carbocycles. The maximum absolute atomic E-state index is 4.58. The van der Waals surface area contributed by atoms with Gasteiger partial charge in [-0.25, -0.2) is 9.98 Å². The van der Waals surface area contributed by atoms with Gasteiger partial charge in [-0.05, 0) is 19.4 Å². The standard InChI is InChI=1S/C15H20N4S.HI/c1-3-16-15(18-9-13-7-5-4-6-8-13)19-11-14-10-17-12(2)20-14;/h4-8,10H,3,9,11H2,1-2H3,(H2,16,18,19);1H. The molecule has 21 heavy (non-hydrogen) atoms. The summed E-state index contributed by atoms with van der Waals surface area (Å²) in [6.45, 7) is 6.37. The zero-order valence-corrected chi connectivity index (χ0v) is 15.4. The van der Waals surface area contributed by atoms with E-state index in [1.807, 2.05) is 31.3 Å². The van der Waals surface area contributed by atoms with Crippen LogP contribution in [0.25, 0.3) is 0 Å². The van der Waals surface area contributed by atoms with Gasteiger partial charge in [0.1, 0.15) is 0 Å². The molecule has 0 amide bonds. The van der Waals surface area contributed by atoms with Gasteiger partial charge in [0.25, 0.3) is 0 Å². The van der Waals surface area contributed by atoms with Crippen molar-refractivity contribution < 1.29 is 0 Å². The van der Waals surface area contributed by atoms with Crippen LogP contribution < -0.4 is 10.6 Å². The van der Waals surface area contributed by atoms with E-state index < -0.39 is 0 Å². The van der Waals surface area contributed by atoms with E-state index in [1.165, 1.54) is 10.4 Å². The number of halogens is 1. The molecule has 0 radical (unpaired) electrons. The van der Waals surface area contributed by atoms with E-state index in [9.17, 15) is 0 Å². The van der Waals surface area contributed by atoms with Gasteiger partial charge in [0.2, 0.25) is 0 Å². The van der Waals surface area contributed by atoms with Crippen molar-refractivity contribution >= 4 is 41.3 Å². The van der Waals surface area contributed by atoms with Crippen LogP contribution in [0.3, 0.4) is 0 Å². The van der Waals surface area contributed by atoms with Crippen LogP contribution in [0.2, 0.25) is 0 Å². The number of aromatic nitrogens is 1. The highest BCUT2D eigenvalue weighted by Crippen LogP contribution is 2.10. The maximum Gasteiger partial charge on any atom is 0.191 e. The molecule has 1 heterocycles. The van der Waals surface area contributed by atoms with Crippen LogP contribution in [0.5, 0.6) is 0 Å². The fourth-order valence-electron chi connectivity index (χ4n) is 1.75. The maximum atomic E-state index is 4.58. The van der Waals surface area contributed by atoms with Crippen molar-refractivity contribution in [3.63, 3.8) is 0 Å². The fraction of sp³-hybridized carbons (Fsp3) is 0.333. The van der Waals surface area contributed by atoms with E-state index in [2.05, 4.69) is 39.7 Å². The van der Waals surface area contributed by atoms with Gasteiger partial charge < -0.3 is 10.6 Å². The summed E-state index contributed by atoms with van der Waals surface area (Å²) in [6.07, 6.45) is 1.91. The van der Waals surface area contributed by atoms with E-state index in [0.717, 1.165) is 24.1 Å². The highest BCUT2D eigenvalue weighted by Gasteiger charge is 2.01. The minimum absolute atomic E-state index is 0. The van der Waals surface area contributed by atoms with Crippen molar-refractivity contribution in [2.45, 2.75) is 26.9 Å². The van der Waals surface area contributed by atoms with Crippen molar-refractivity contribution in [2.75, 3.05) is 6.54 Å². The lowest BCUT2D eigenvalue weighted by Crippen LogP contribution is -2.36. The monoisotopic (exact) mass is 416 g/mol. The second-order valence-electron chi connectivity index (χ2n) is 4.38. The Balaban J connectivity index is 0.00000220. The molecule has 1 aromatic carbocycles. The molecule has 0 aliphatic heterocycles. The van der Waals surface area contributed by atoms with Crippen LogP contribution >= 0.6 is 35.3 Å². The van der Waals surface area contributed by atoms with Crippen molar-refractivity contribution in [1.29, 1.82) is 0 Å². The number of hydrogen-bond acceptors (Lipinski definition) is 3. The lowest BCUT2D eigenvalue weighted by atomic mass is 10.2. The molecule has 1 aromatic heterocycles. The second kappa shape index (κ2) is 9.73. The van der Waals surface area contributed by atoms with Crippen molar-refractivity contribution in [3.8, 4) is 0 Å². The first-order chi connectivity index (χ1) is 9.78. The highest BCUT2D eigenvalue weighted by molar-refractivity contribution is 14.0. The number of guanidine groups is 1. The van der Waals surface area contributed by atoms with Gasteiger partial charge in [-0.2, -0.15) is 0 Å². The minimum atomic E-state index is 0. The van der Waals surface area contributed by atoms with E-state index in [-0.39, 0.29) is 24.0 Å². The third-order valence-corrected chi connectivity index (χ3v) is 3.62. The molecule has 114 valence electrons. The quantitative estimate of drug-likeness (QED) is 0.447. The lowest BCUT2D eigenvalue weighted by Gasteiger charge is -2.10. The van der Waals surface area contributed by atoms with Gasteiger partial charge in [0.05, 0.1) is 18.1 Å². The lowest BCUT2D eigenvalue weighted by molar-refractivity contribution is 0.822. The first-order valence-electron chi connectivity index (χ1n) is 6.75. The first-order valence-corrected chi connectivity index (χ1v) is 7.57. The molecule has 0 aliphatic carbocycles. The molecule has 2 rings (SSSR count). The predicted octanol–water partition coefficient (Wildman–Crippen LogP) is 3.32. The number of benzene rings is 1. The summed E-state index contributed by atoms with van der Waals surface area (Å²) >= 11 is 1.71. The summed E-state index contributed by atoms with van der Waals surface area (Å²) in [6, 6.07) is 10.2. The van der Waals surface area contributed by atoms with Crippen LogP contribution in [-0.4, -0.2) is 17.5 Å². The van der Waals surface area contributed by atoms with Gasteiger partial charge in [-0.1, -0.05) is 30.3 Å². The Kier molecular flexibility index (Phi) is 8.29. The number of aliphatic imine (C=N–C) groups is 1. The van der Waals surface area contributed by atoms with Gasteiger partial charge in [-0.15, -0.1) is 35.3 Å². The molecule has 0 spiro atoms. The summed E-state index contributed by atoms with van der Waals surface area (Å²) in [4.78, 5) is 10.1. The molecular formula is C15H21IN4S. The number of rotatable bonds is 5. The summed E-state index contributed by atoms with van der Waals surface area (Å²) < 4.78 is 0. The molecule has 2 aromatic rings. The first kappa shape index (κ1) is 17.9. The molecule has 0 unspecified atom stereocenters. The Morgan fingerprint density at radius 2 is 2.00 bits per heavy atom. The van der Waals surface area contributed by atoms with Crippen LogP contribution in [0.1, 0.15) is 22.4 Å². The Morgan fingerprint density at radius 3 is 2.62 bits per heavy atom. The summed E-state index contributed by atoms with van der Waals surface area (Å²) in [7, 11) is 0. The number of hydrogen-bond donors (Lipinski definition) is 2. The van der Waals surface area contributed by atoms with Gasteiger partial charge in [-0.3, -0.25) is 0 Å². The highest BCUT2D eigenvalue weighted by atomic mass is 127. The van der Waals surface area contributed by atoms with Crippen LogP contribution in [-0.2, 0) is 13.1 Å². The number of aryl methyl sites for hydroxylation is 1. The Labute approximate surface area is 147 Å². The topological polar surface area (TPSA) is 49.3 Å². The smallest absolute Gasteiger partial charge is 0.191 e. The van der Waals surface area contributed by atoms with E-state index in [1.54, 1.807) is 11.3 Å². The van der Waals surface area contributed by atoms with Crippen molar-refractivity contribution in [1.82, 2.24) is 15.6 Å². The van der Waals surface area contributed by atoms with E-state index in [4.69, 9.17) is 0 Å². The molecule has 2 N–H and O–H groups in total. The van der Waals surface area contributed by atoms with Crippen LogP contribution in [0.4, 0.5) is 0 Å². The molecule has 0 atom stereocenters. The third kappa shape index (κ3) is 6.43. The Bertz CT molecular complexity index is 554. The average molecular weight is 416 g/mol. The Morgan fingerprint density at radius 1 is 1.24 bits per heavy atom. The van der Waals surface area contributed by atoms with Crippen molar-refractivity contribution in [2.24, 2.45) is 4.99 Å². The van der Waals surface area contributed by atoms with E-state index >= 15 is 0 Å².